The Labute approximate surface area is 108 Å². The summed E-state index contributed by atoms with van der Waals surface area (Å²) in [5.74, 6) is -0.686. The van der Waals surface area contributed by atoms with Gasteiger partial charge in [0, 0.05) is 19.3 Å². The zero-order valence-corrected chi connectivity index (χ0v) is 10.3. The number of imidazole rings is 1. The van der Waals surface area contributed by atoms with Crippen LogP contribution in [0, 0.1) is 11.3 Å². The number of hydrogen-bond acceptors (Lipinski definition) is 5. The quantitative estimate of drug-likeness (QED) is 0.671. The molecule has 0 aliphatic rings. The third-order valence-corrected chi connectivity index (χ3v) is 2.74. The Morgan fingerprint density at radius 2 is 2.39 bits per heavy atom. The molecule has 1 aromatic heterocycles. The van der Waals surface area contributed by atoms with Gasteiger partial charge < -0.3 is 15.0 Å². The van der Waals surface area contributed by atoms with E-state index in [0.717, 1.165) is 0 Å². The van der Waals surface area contributed by atoms with Crippen LogP contribution in [0.2, 0.25) is 0 Å². The van der Waals surface area contributed by atoms with Gasteiger partial charge in [0.05, 0.1) is 23.9 Å². The predicted octanol–water partition coefficient (Wildman–Crippen LogP) is -0.0457. The number of aromatic nitrogens is 2. The standard InChI is InChI=1S/C10H12N4O3S/c11-1-4-18-6-9(15)12-2-3-14-5-8(10(16)17)13-7-14/h5,7H,2-4,6H2,(H,12,15)(H,16,17). The first kappa shape index (κ1) is 14.1. The third kappa shape index (κ3) is 4.88. The maximum atomic E-state index is 11.3. The van der Waals surface area contributed by atoms with Gasteiger partial charge in [-0.25, -0.2) is 9.78 Å². The molecule has 1 aromatic rings. The van der Waals surface area contributed by atoms with E-state index >= 15 is 0 Å². The van der Waals surface area contributed by atoms with Gasteiger partial charge in [-0.1, -0.05) is 0 Å². The fraction of sp³-hybridized carbons (Fsp3) is 0.400. The first-order valence-electron chi connectivity index (χ1n) is 5.10. The van der Waals surface area contributed by atoms with Gasteiger partial charge in [-0.15, -0.1) is 11.8 Å². The third-order valence-electron chi connectivity index (χ3n) is 1.94. The molecule has 0 atom stereocenters. The summed E-state index contributed by atoms with van der Waals surface area (Å²) in [6, 6.07) is 1.93. The number of aromatic carboxylic acids is 1. The Kier molecular flexibility index (Phi) is 5.73. The summed E-state index contributed by atoms with van der Waals surface area (Å²) in [5.41, 5.74) is -0.0223. The van der Waals surface area contributed by atoms with Gasteiger partial charge in [-0.2, -0.15) is 5.26 Å². The van der Waals surface area contributed by atoms with Gasteiger partial charge in [-0.05, 0) is 0 Å². The number of thioether (sulfide) groups is 1. The molecule has 0 spiro atoms. The highest BCUT2D eigenvalue weighted by atomic mass is 32.2. The van der Waals surface area contributed by atoms with Crippen molar-refractivity contribution in [3.8, 4) is 6.07 Å². The van der Waals surface area contributed by atoms with Crippen LogP contribution in [-0.4, -0.2) is 44.6 Å². The van der Waals surface area contributed by atoms with E-state index in [0.29, 0.717) is 13.1 Å². The lowest BCUT2D eigenvalue weighted by molar-refractivity contribution is -0.118. The van der Waals surface area contributed by atoms with Crippen LogP contribution in [0.25, 0.3) is 0 Å². The summed E-state index contributed by atoms with van der Waals surface area (Å²) in [4.78, 5) is 25.5. The van der Waals surface area contributed by atoms with Crippen molar-refractivity contribution in [2.45, 2.75) is 6.54 Å². The van der Waals surface area contributed by atoms with Crippen molar-refractivity contribution >= 4 is 23.6 Å². The molecule has 96 valence electrons. The van der Waals surface area contributed by atoms with Crippen molar-refractivity contribution in [2.24, 2.45) is 0 Å². The molecule has 2 N–H and O–H groups in total. The van der Waals surface area contributed by atoms with Crippen LogP contribution < -0.4 is 5.32 Å². The molecule has 18 heavy (non-hydrogen) atoms. The van der Waals surface area contributed by atoms with E-state index in [2.05, 4.69) is 10.3 Å². The van der Waals surface area contributed by atoms with Gasteiger partial charge in [0.25, 0.3) is 0 Å². The van der Waals surface area contributed by atoms with Gasteiger partial charge in [-0.3, -0.25) is 4.79 Å². The Balaban J connectivity index is 2.22. The van der Waals surface area contributed by atoms with Crippen molar-refractivity contribution in [1.82, 2.24) is 14.9 Å². The molecule has 1 rings (SSSR count). The lowest BCUT2D eigenvalue weighted by atomic mass is 10.5. The van der Waals surface area contributed by atoms with Crippen molar-refractivity contribution in [1.29, 1.82) is 5.26 Å². The van der Waals surface area contributed by atoms with E-state index < -0.39 is 5.97 Å². The molecule has 0 aromatic carbocycles. The zero-order valence-electron chi connectivity index (χ0n) is 9.50. The van der Waals surface area contributed by atoms with Crippen LogP contribution in [0.15, 0.2) is 12.5 Å². The van der Waals surface area contributed by atoms with E-state index in [4.69, 9.17) is 10.4 Å². The van der Waals surface area contributed by atoms with Crippen molar-refractivity contribution in [3.63, 3.8) is 0 Å². The summed E-state index contributed by atoms with van der Waals surface area (Å²) in [5, 5.41) is 19.6. The molecule has 7 nitrogen and oxygen atoms in total. The van der Waals surface area contributed by atoms with E-state index in [9.17, 15) is 9.59 Å². The second-order valence-corrected chi connectivity index (χ2v) is 4.29. The number of carbonyl (C=O) groups excluding carboxylic acids is 1. The van der Waals surface area contributed by atoms with Crippen LogP contribution in [0.4, 0.5) is 0 Å². The molecule has 0 fully saturated rings. The minimum atomic E-state index is -1.08. The van der Waals surface area contributed by atoms with Crippen LogP contribution in [0.3, 0.4) is 0 Å². The maximum absolute atomic E-state index is 11.3. The lowest BCUT2D eigenvalue weighted by Crippen LogP contribution is -2.28. The SMILES string of the molecule is N#CCSCC(=O)NCCn1cnc(C(=O)O)c1. The number of hydrogen-bond donors (Lipinski definition) is 2. The summed E-state index contributed by atoms with van der Waals surface area (Å²) < 4.78 is 1.59. The van der Waals surface area contributed by atoms with Crippen molar-refractivity contribution in [2.75, 3.05) is 18.1 Å². The largest absolute Gasteiger partial charge is 0.476 e. The highest BCUT2D eigenvalue weighted by molar-refractivity contribution is 8.00. The Bertz CT molecular complexity index is 466. The summed E-state index contributed by atoms with van der Waals surface area (Å²) in [7, 11) is 0. The number of carbonyl (C=O) groups is 2. The number of nitrogens with one attached hydrogen (secondary N) is 1. The van der Waals surface area contributed by atoms with Crippen LogP contribution in [-0.2, 0) is 11.3 Å². The van der Waals surface area contributed by atoms with E-state index in [1.54, 1.807) is 4.57 Å². The molecule has 0 bridgehead atoms. The maximum Gasteiger partial charge on any atom is 0.356 e. The highest BCUT2D eigenvalue weighted by Crippen LogP contribution is 1.97. The second kappa shape index (κ2) is 7.34. The fourth-order valence-electron chi connectivity index (χ4n) is 1.16. The molecular weight excluding hydrogens is 256 g/mol. The number of carboxylic acid groups (broad SMARTS) is 1. The van der Waals surface area contributed by atoms with Crippen LogP contribution in [0.5, 0.6) is 0 Å². The minimum Gasteiger partial charge on any atom is -0.476 e. The smallest absolute Gasteiger partial charge is 0.356 e. The van der Waals surface area contributed by atoms with Gasteiger partial charge in [0.15, 0.2) is 5.69 Å². The van der Waals surface area contributed by atoms with Crippen molar-refractivity contribution < 1.29 is 14.7 Å². The minimum absolute atomic E-state index is 0.0223. The number of nitriles is 1. The first-order valence-corrected chi connectivity index (χ1v) is 6.25. The van der Waals surface area contributed by atoms with E-state index in [-0.39, 0.29) is 23.1 Å². The molecule has 0 saturated heterocycles. The highest BCUT2D eigenvalue weighted by Gasteiger charge is 2.06. The monoisotopic (exact) mass is 268 g/mol. The molecule has 0 aliphatic heterocycles. The van der Waals surface area contributed by atoms with Gasteiger partial charge in [0.2, 0.25) is 5.91 Å². The van der Waals surface area contributed by atoms with E-state index in [1.165, 1.54) is 24.3 Å². The molecule has 8 heteroatoms. The molecule has 0 radical (unpaired) electrons. The number of carboxylic acids is 1. The van der Waals surface area contributed by atoms with Crippen LogP contribution >= 0.6 is 11.8 Å². The normalized spacial score (nSPS) is 9.72. The molecule has 0 saturated carbocycles. The summed E-state index contributed by atoms with van der Waals surface area (Å²) in [6.07, 6.45) is 2.80. The number of nitrogens with zero attached hydrogens (tertiary/aromatic N) is 3. The second-order valence-electron chi connectivity index (χ2n) is 3.30. The summed E-state index contributed by atoms with van der Waals surface area (Å²) >= 11 is 1.25. The molecule has 0 aliphatic carbocycles. The molecule has 1 amide bonds. The van der Waals surface area contributed by atoms with Gasteiger partial charge >= 0.3 is 5.97 Å². The Morgan fingerprint density at radius 3 is 3.00 bits per heavy atom. The molecule has 0 unspecified atom stereocenters. The van der Waals surface area contributed by atoms with Crippen LogP contribution in [0.1, 0.15) is 10.5 Å². The lowest BCUT2D eigenvalue weighted by Gasteiger charge is -2.04. The molecule has 1 heterocycles. The average Bonchev–Trinajstić information content (AvgIpc) is 2.78. The topological polar surface area (TPSA) is 108 Å². The zero-order chi connectivity index (χ0) is 13.4. The predicted molar refractivity (Wildman–Crippen MR) is 65.1 cm³/mol. The Hall–Kier alpha value is -2.01. The molecular formula is C10H12N4O3S. The fourth-order valence-corrected chi connectivity index (χ4v) is 1.64. The number of amides is 1. The average molecular weight is 268 g/mol. The Morgan fingerprint density at radius 1 is 1.61 bits per heavy atom. The summed E-state index contributed by atoms with van der Waals surface area (Å²) in [6.45, 7) is 0.844. The first-order chi connectivity index (χ1) is 8.63. The van der Waals surface area contributed by atoms with Gasteiger partial charge in [0.1, 0.15) is 0 Å². The van der Waals surface area contributed by atoms with Crippen molar-refractivity contribution in [3.05, 3.63) is 18.2 Å². The van der Waals surface area contributed by atoms with E-state index in [1.807, 2.05) is 6.07 Å². The number of rotatable bonds is 7.